The third-order valence-corrected chi connectivity index (χ3v) is 11.7. The first-order chi connectivity index (χ1) is 30.2. The number of aromatic amines is 1. The highest BCUT2D eigenvalue weighted by Gasteiger charge is 2.32. The highest BCUT2D eigenvalue weighted by atomic mass is 19.3. The number of benzene rings is 3. The normalized spacial score (nSPS) is 17.8. The van der Waals surface area contributed by atoms with Gasteiger partial charge in [-0.05, 0) is 152 Å². The van der Waals surface area contributed by atoms with E-state index in [1.807, 2.05) is 84.9 Å². The Bertz CT molecular complexity index is 2300. The molecule has 1 atom stereocenters. The van der Waals surface area contributed by atoms with Crippen LogP contribution in [0.1, 0.15) is 120 Å². The molecule has 2 fully saturated rings. The van der Waals surface area contributed by atoms with Crippen LogP contribution in [0.5, 0.6) is 0 Å². The number of nitrogens with one attached hydrogen (secondary N) is 4. The number of rotatable bonds is 13. The SMILES string of the molecule is Cc1cc(C(=O)NC2CCN(C(=O)OC(C)(C)C)CC2)ccc1-c1ccc(C[C@H](CC(=O)C2CCC(CNC(=O)OC(C)(C)C)CC2)C(=O)Nc2ccc3nc(C(F)F)[nH]c3c2)cc1. The maximum absolute atomic E-state index is 14.0. The van der Waals surface area contributed by atoms with Crippen molar-refractivity contribution in [3.05, 3.63) is 83.2 Å². The molecule has 4 aromatic rings. The third kappa shape index (κ3) is 13.3. The first-order valence-electron chi connectivity index (χ1n) is 22.3. The summed E-state index contributed by atoms with van der Waals surface area (Å²) in [4.78, 5) is 74.0. The van der Waals surface area contributed by atoms with Crippen LogP contribution in [-0.4, -0.2) is 81.5 Å². The number of likely N-dealkylation sites (tertiary alicyclic amines) is 1. The number of H-pyrrole nitrogens is 1. The monoisotopic (exact) mass is 884 g/mol. The van der Waals surface area contributed by atoms with Gasteiger partial charge in [0.25, 0.3) is 12.3 Å². The first-order valence-corrected chi connectivity index (χ1v) is 22.3. The van der Waals surface area contributed by atoms with Gasteiger partial charge in [0, 0.05) is 55.2 Å². The summed E-state index contributed by atoms with van der Waals surface area (Å²) in [5.41, 5.74) is 4.10. The number of fused-ring (bicyclic) bond motifs is 1. The fourth-order valence-corrected chi connectivity index (χ4v) is 8.39. The van der Waals surface area contributed by atoms with Crippen molar-refractivity contribution in [1.82, 2.24) is 25.5 Å². The van der Waals surface area contributed by atoms with Gasteiger partial charge in [0.2, 0.25) is 5.91 Å². The van der Waals surface area contributed by atoms with Crippen molar-refractivity contribution in [3.63, 3.8) is 0 Å². The predicted octanol–water partition coefficient (Wildman–Crippen LogP) is 9.69. The molecule has 2 aliphatic rings. The highest BCUT2D eigenvalue weighted by Crippen LogP contribution is 2.32. The zero-order chi connectivity index (χ0) is 46.3. The predicted molar refractivity (Wildman–Crippen MR) is 241 cm³/mol. The molecule has 0 unspecified atom stereocenters. The van der Waals surface area contributed by atoms with Gasteiger partial charge in [-0.2, -0.15) is 0 Å². The number of imidazole rings is 1. The summed E-state index contributed by atoms with van der Waals surface area (Å²) in [6.45, 7) is 14.4. The van der Waals surface area contributed by atoms with Gasteiger partial charge >= 0.3 is 12.2 Å². The van der Waals surface area contributed by atoms with E-state index < -0.39 is 35.5 Å². The van der Waals surface area contributed by atoms with Crippen LogP contribution in [0, 0.1) is 24.7 Å². The highest BCUT2D eigenvalue weighted by molar-refractivity contribution is 5.97. The summed E-state index contributed by atoms with van der Waals surface area (Å²) in [7, 11) is 0. The summed E-state index contributed by atoms with van der Waals surface area (Å²) in [5, 5.41) is 8.88. The number of anilines is 1. The molecule has 0 bridgehead atoms. The average Bonchev–Trinajstić information content (AvgIpc) is 3.66. The fourth-order valence-electron chi connectivity index (χ4n) is 8.39. The molecule has 0 spiro atoms. The summed E-state index contributed by atoms with van der Waals surface area (Å²) in [6, 6.07) is 18.0. The summed E-state index contributed by atoms with van der Waals surface area (Å²) in [5.74, 6) is -1.70. The van der Waals surface area contributed by atoms with Gasteiger partial charge in [0.05, 0.1) is 11.0 Å². The number of aryl methyl sites for hydroxylation is 1. The molecule has 3 aromatic carbocycles. The van der Waals surface area contributed by atoms with Gasteiger partial charge in [-0.15, -0.1) is 0 Å². The van der Waals surface area contributed by atoms with E-state index >= 15 is 0 Å². The van der Waals surface area contributed by atoms with E-state index in [-0.39, 0.29) is 54.4 Å². The maximum atomic E-state index is 14.0. The second-order valence-electron chi connectivity index (χ2n) is 19.3. The minimum atomic E-state index is -2.77. The van der Waals surface area contributed by atoms with Crippen LogP contribution in [0.15, 0.2) is 60.7 Å². The lowest BCUT2D eigenvalue weighted by Gasteiger charge is -2.33. The second-order valence-corrected chi connectivity index (χ2v) is 19.3. The lowest BCUT2D eigenvalue weighted by Crippen LogP contribution is -2.47. The molecule has 64 heavy (non-hydrogen) atoms. The molecule has 15 heteroatoms. The molecule has 4 amide bonds. The van der Waals surface area contributed by atoms with Crippen LogP contribution in [0.3, 0.4) is 0 Å². The molecular formula is C49H62F2N6O7. The molecule has 1 saturated heterocycles. The molecule has 344 valence electrons. The molecule has 2 heterocycles. The minimum absolute atomic E-state index is 0.00641. The van der Waals surface area contributed by atoms with Crippen molar-refractivity contribution in [1.29, 1.82) is 0 Å². The van der Waals surface area contributed by atoms with Crippen LogP contribution in [0.4, 0.5) is 24.1 Å². The van der Waals surface area contributed by atoms with Gasteiger partial charge in [-0.25, -0.2) is 23.4 Å². The number of Topliss-reactive ketones (excluding diaryl/α,β-unsaturated/α-hetero) is 1. The molecule has 1 aliphatic heterocycles. The molecule has 6 rings (SSSR count). The van der Waals surface area contributed by atoms with Crippen molar-refractivity contribution >= 4 is 46.5 Å². The Morgan fingerprint density at radius 2 is 1.52 bits per heavy atom. The Morgan fingerprint density at radius 1 is 0.844 bits per heavy atom. The van der Waals surface area contributed by atoms with Crippen molar-refractivity contribution in [2.45, 2.75) is 124 Å². The number of nitrogens with zero attached hydrogens (tertiary/aromatic N) is 2. The number of halogens is 2. The van der Waals surface area contributed by atoms with Gasteiger partial charge in [0.1, 0.15) is 17.0 Å². The van der Waals surface area contributed by atoms with Gasteiger partial charge < -0.3 is 35.3 Å². The number of alkyl carbamates (subject to hydrolysis) is 1. The van der Waals surface area contributed by atoms with Gasteiger partial charge in [0.15, 0.2) is 5.82 Å². The summed E-state index contributed by atoms with van der Waals surface area (Å²) in [6.07, 6.45) is 0.819. The molecular weight excluding hydrogens is 823 g/mol. The third-order valence-electron chi connectivity index (χ3n) is 11.7. The van der Waals surface area contributed by atoms with Gasteiger partial charge in [-0.1, -0.05) is 30.3 Å². The van der Waals surface area contributed by atoms with Crippen molar-refractivity contribution < 1.29 is 42.2 Å². The summed E-state index contributed by atoms with van der Waals surface area (Å²) < 4.78 is 37.5. The van der Waals surface area contributed by atoms with Crippen molar-refractivity contribution in [2.24, 2.45) is 17.8 Å². The lowest BCUT2D eigenvalue weighted by atomic mass is 9.77. The van der Waals surface area contributed by atoms with E-state index in [4.69, 9.17) is 9.47 Å². The van der Waals surface area contributed by atoms with Crippen LogP contribution in [0.25, 0.3) is 22.2 Å². The number of hydrogen-bond donors (Lipinski definition) is 4. The van der Waals surface area contributed by atoms with Crippen LogP contribution in [0.2, 0.25) is 0 Å². The molecule has 1 aromatic heterocycles. The minimum Gasteiger partial charge on any atom is -0.444 e. The maximum Gasteiger partial charge on any atom is 0.410 e. The Morgan fingerprint density at radius 3 is 2.14 bits per heavy atom. The number of piperidine rings is 1. The topological polar surface area (TPSA) is 172 Å². The molecule has 13 nitrogen and oxygen atoms in total. The number of carbonyl (C=O) groups excluding carboxylic acids is 5. The molecule has 0 radical (unpaired) electrons. The lowest BCUT2D eigenvalue weighted by molar-refractivity contribution is -0.129. The Kier molecular flexibility index (Phi) is 15.1. The first kappa shape index (κ1) is 47.6. The number of aromatic nitrogens is 2. The van der Waals surface area contributed by atoms with Crippen LogP contribution < -0.4 is 16.0 Å². The van der Waals surface area contributed by atoms with E-state index in [0.29, 0.717) is 67.6 Å². The van der Waals surface area contributed by atoms with Crippen molar-refractivity contribution in [3.8, 4) is 11.1 Å². The average molecular weight is 885 g/mol. The van der Waals surface area contributed by atoms with E-state index in [1.54, 1.807) is 29.2 Å². The molecule has 4 N–H and O–H groups in total. The number of ether oxygens (including phenoxy) is 2. The van der Waals surface area contributed by atoms with Crippen LogP contribution >= 0.6 is 0 Å². The zero-order valence-electron chi connectivity index (χ0n) is 37.9. The fraction of sp³-hybridized carbons (Fsp3) is 0.510. The zero-order valence-corrected chi connectivity index (χ0v) is 37.9. The Balaban J connectivity index is 1.09. The number of carbonyl (C=O) groups is 5. The summed E-state index contributed by atoms with van der Waals surface area (Å²) >= 11 is 0. The smallest absolute Gasteiger partial charge is 0.410 e. The van der Waals surface area contributed by atoms with Gasteiger partial charge in [-0.3, -0.25) is 14.4 Å². The Labute approximate surface area is 373 Å². The number of alkyl halides is 2. The number of amides is 4. The van der Waals surface area contributed by atoms with E-state index in [2.05, 4.69) is 25.9 Å². The Hall–Kier alpha value is -5.86. The number of ketones is 1. The quantitative estimate of drug-likeness (QED) is 0.103. The number of hydrogen-bond acceptors (Lipinski definition) is 8. The second kappa shape index (κ2) is 20.3. The van der Waals surface area contributed by atoms with E-state index in [9.17, 15) is 32.8 Å². The van der Waals surface area contributed by atoms with Crippen LogP contribution in [-0.2, 0) is 25.5 Å². The van der Waals surface area contributed by atoms with E-state index in [0.717, 1.165) is 35.1 Å². The largest absolute Gasteiger partial charge is 0.444 e. The molecule has 1 aliphatic carbocycles. The van der Waals surface area contributed by atoms with E-state index in [1.165, 1.54) is 0 Å². The molecule has 1 saturated carbocycles. The standard InChI is InChI=1S/C49H62F2N6O7/c1-29-24-34(44(59)53-36-20-22-57(23-21-36)47(62)64-49(5,6)7)16-18-38(29)32-12-8-30(9-13-32)25-35(45(60)54-37-17-19-39-40(27-37)56-43(55-39)42(50)51)26-41(58)33-14-10-31(11-15-33)28-52-46(61)63-48(2,3)4/h8-9,12-13,16-19,24,27,31,33,35-36,42H,10-11,14-15,20-23,25-26,28H2,1-7H3,(H,52,61)(H,53,59)(H,54,60)(H,55,56)/t31?,33?,35-/m1/s1. The van der Waals surface area contributed by atoms with Crippen molar-refractivity contribution in [2.75, 3.05) is 25.0 Å².